The number of hydrogen-bond acceptors (Lipinski definition) is 10. The predicted octanol–water partition coefficient (Wildman–Crippen LogP) is 11.0. The number of aromatic hydroxyl groups is 2. The van der Waals surface area contributed by atoms with Gasteiger partial charge in [-0.15, -0.1) is 0 Å². The fourth-order valence-electron chi connectivity index (χ4n) is 6.38. The Kier molecular flexibility index (Phi) is 15.4. The SMILES string of the molecule is COc1cccc(N=C(C)c2cc(C(C)=Nc3cccc(OC)c3)c(O)cc2O)c1.[Cu].[Cu].c1cnc2c(c1)ccc1cccnc12.c1cnc2c(c1)ccc1cccnc12. The van der Waals surface area contributed by atoms with Gasteiger partial charge in [-0.05, 0) is 68.4 Å². The van der Waals surface area contributed by atoms with Gasteiger partial charge in [0, 0.05) is 121 Å². The molecule has 9 aromatic rings. The van der Waals surface area contributed by atoms with Gasteiger partial charge in [-0.3, -0.25) is 29.9 Å². The summed E-state index contributed by atoms with van der Waals surface area (Å²) in [4.78, 5) is 26.5. The molecule has 0 bridgehead atoms. The van der Waals surface area contributed by atoms with E-state index < -0.39 is 0 Å². The van der Waals surface area contributed by atoms with E-state index >= 15 is 0 Å². The first-order valence-corrected chi connectivity index (χ1v) is 18.4. The van der Waals surface area contributed by atoms with Gasteiger partial charge in [0.15, 0.2) is 0 Å². The summed E-state index contributed by atoms with van der Waals surface area (Å²) in [5.74, 6) is 1.27. The van der Waals surface area contributed by atoms with Gasteiger partial charge in [-0.1, -0.05) is 60.7 Å². The summed E-state index contributed by atoms with van der Waals surface area (Å²) >= 11 is 0. The molecule has 0 unspecified atom stereocenters. The average molecular weight is 892 g/mol. The summed E-state index contributed by atoms with van der Waals surface area (Å²) in [6, 6.07) is 41.9. The van der Waals surface area contributed by atoms with E-state index in [1.165, 1.54) is 6.07 Å². The third kappa shape index (κ3) is 10.5. The van der Waals surface area contributed by atoms with Crippen LogP contribution in [-0.4, -0.2) is 55.8 Å². The van der Waals surface area contributed by atoms with E-state index in [0.29, 0.717) is 45.4 Å². The van der Waals surface area contributed by atoms with Gasteiger partial charge in [-0.2, -0.15) is 0 Å². The van der Waals surface area contributed by atoms with Crippen molar-refractivity contribution in [2.75, 3.05) is 14.2 Å². The van der Waals surface area contributed by atoms with Crippen molar-refractivity contribution in [3.8, 4) is 23.0 Å². The first kappa shape index (κ1) is 44.4. The summed E-state index contributed by atoms with van der Waals surface area (Å²) in [5, 5.41) is 25.3. The number of aromatic nitrogens is 4. The molecule has 0 fully saturated rings. The maximum atomic E-state index is 10.4. The molecule has 60 heavy (non-hydrogen) atoms. The first-order valence-electron chi connectivity index (χ1n) is 18.4. The molecule has 9 rings (SSSR count). The molecule has 0 atom stereocenters. The molecule has 2 radical (unpaired) electrons. The van der Waals surface area contributed by atoms with Crippen LogP contribution in [0.3, 0.4) is 0 Å². The summed E-state index contributed by atoms with van der Waals surface area (Å²) in [6.07, 6.45) is 7.21. The minimum absolute atomic E-state index is 0. The summed E-state index contributed by atoms with van der Waals surface area (Å²) in [7, 11) is 3.19. The summed E-state index contributed by atoms with van der Waals surface area (Å²) in [6.45, 7) is 3.59. The van der Waals surface area contributed by atoms with Crippen LogP contribution in [0, 0.1) is 0 Å². The molecular formula is C48H40Cu2N6O4. The Morgan fingerprint density at radius 2 is 0.767 bits per heavy atom. The number of rotatable bonds is 6. The van der Waals surface area contributed by atoms with Crippen molar-refractivity contribution < 1.29 is 53.8 Å². The van der Waals surface area contributed by atoms with Crippen LogP contribution >= 0.6 is 0 Å². The molecule has 0 saturated heterocycles. The van der Waals surface area contributed by atoms with E-state index in [-0.39, 0.29) is 45.6 Å². The zero-order valence-electron chi connectivity index (χ0n) is 33.0. The summed E-state index contributed by atoms with van der Waals surface area (Å²) < 4.78 is 10.5. The number of fused-ring (bicyclic) bond motifs is 6. The van der Waals surface area contributed by atoms with Crippen LogP contribution in [0.5, 0.6) is 23.0 Å². The first-order chi connectivity index (χ1) is 28.3. The number of benzene rings is 5. The fourth-order valence-corrected chi connectivity index (χ4v) is 6.38. The molecule has 0 aliphatic heterocycles. The fraction of sp³-hybridized carbons (Fsp3) is 0.0833. The molecule has 0 saturated carbocycles. The van der Waals surface area contributed by atoms with Gasteiger partial charge in [0.05, 0.1) is 47.7 Å². The average Bonchev–Trinajstić information content (AvgIpc) is 3.27. The van der Waals surface area contributed by atoms with Gasteiger partial charge in [0.2, 0.25) is 0 Å². The minimum Gasteiger partial charge on any atom is -0.507 e. The second-order valence-electron chi connectivity index (χ2n) is 13.1. The molecule has 0 amide bonds. The van der Waals surface area contributed by atoms with Crippen LogP contribution < -0.4 is 9.47 Å². The van der Waals surface area contributed by atoms with Crippen LogP contribution in [-0.2, 0) is 34.1 Å². The Labute approximate surface area is 368 Å². The third-order valence-corrected chi connectivity index (χ3v) is 9.28. The molecule has 10 nitrogen and oxygen atoms in total. The van der Waals surface area contributed by atoms with Crippen molar-refractivity contribution in [3.63, 3.8) is 0 Å². The molecule has 5 aromatic carbocycles. The van der Waals surface area contributed by atoms with Crippen molar-refractivity contribution in [1.29, 1.82) is 0 Å². The largest absolute Gasteiger partial charge is 0.507 e. The second-order valence-corrected chi connectivity index (χ2v) is 13.1. The number of hydrogen-bond donors (Lipinski definition) is 2. The van der Waals surface area contributed by atoms with Crippen molar-refractivity contribution in [2.24, 2.45) is 9.98 Å². The number of aliphatic imine (C=N–C) groups is 2. The van der Waals surface area contributed by atoms with Crippen molar-refractivity contribution >= 4 is 66.4 Å². The maximum Gasteiger partial charge on any atom is 0.128 e. The van der Waals surface area contributed by atoms with Gasteiger partial charge in [0.1, 0.15) is 23.0 Å². The molecular weight excluding hydrogens is 852 g/mol. The Hall–Kier alpha value is -6.68. The molecule has 4 heterocycles. The van der Waals surface area contributed by atoms with E-state index in [4.69, 9.17) is 9.47 Å². The molecule has 2 N–H and O–H groups in total. The van der Waals surface area contributed by atoms with Crippen LogP contribution in [0.15, 0.2) is 168 Å². The van der Waals surface area contributed by atoms with E-state index in [1.807, 2.05) is 60.7 Å². The molecule has 0 aliphatic rings. The number of phenolic OH excluding ortho intramolecular Hbond substituents is 2. The second kappa shape index (κ2) is 20.8. The maximum absolute atomic E-state index is 10.4. The summed E-state index contributed by atoms with van der Waals surface area (Å²) in [5.41, 5.74) is 7.50. The van der Waals surface area contributed by atoms with Gasteiger partial charge in [0.25, 0.3) is 0 Å². The Balaban J connectivity index is 0.000000188. The normalized spacial score (nSPS) is 11.1. The van der Waals surface area contributed by atoms with Crippen molar-refractivity contribution in [1.82, 2.24) is 19.9 Å². The van der Waals surface area contributed by atoms with Crippen molar-refractivity contribution in [3.05, 3.63) is 169 Å². The number of phenols is 2. The standard InChI is InChI=1S/C24H24N2O4.2C12H8N2.2Cu/c1-15(25-17-7-5-9-19(11-17)29-3)21-13-22(24(28)14-23(21)27)16(2)26-18-8-6-10-20(12-18)30-4;2*1-3-9-5-6-10-4-2-8-14-12(10)11(9)13-7-1;;/h5-14,27-28H,1-4H3;2*1-8H;;. The molecule has 0 spiro atoms. The van der Waals surface area contributed by atoms with Crippen LogP contribution in [0.25, 0.3) is 43.6 Å². The van der Waals surface area contributed by atoms with Crippen LogP contribution in [0.2, 0.25) is 0 Å². The van der Waals surface area contributed by atoms with Gasteiger partial charge < -0.3 is 19.7 Å². The molecule has 308 valence electrons. The van der Waals surface area contributed by atoms with E-state index in [1.54, 1.807) is 71.1 Å². The van der Waals surface area contributed by atoms with E-state index in [9.17, 15) is 10.2 Å². The molecule has 12 heteroatoms. The zero-order valence-corrected chi connectivity index (χ0v) is 34.9. The quantitative estimate of drug-likeness (QED) is 0.0957. The zero-order chi connectivity index (χ0) is 40.4. The Morgan fingerprint density at radius 1 is 0.433 bits per heavy atom. The van der Waals surface area contributed by atoms with Gasteiger partial charge in [-0.25, -0.2) is 0 Å². The molecule has 0 aliphatic carbocycles. The third-order valence-electron chi connectivity index (χ3n) is 9.28. The predicted molar refractivity (Wildman–Crippen MR) is 234 cm³/mol. The Morgan fingerprint density at radius 3 is 1.08 bits per heavy atom. The van der Waals surface area contributed by atoms with Gasteiger partial charge >= 0.3 is 0 Å². The number of methoxy groups -OCH3 is 2. The number of nitrogens with zero attached hydrogens (tertiary/aromatic N) is 6. The van der Waals surface area contributed by atoms with E-state index in [0.717, 1.165) is 43.6 Å². The van der Waals surface area contributed by atoms with Crippen LogP contribution in [0.4, 0.5) is 11.4 Å². The Bertz CT molecular complexity index is 2650. The van der Waals surface area contributed by atoms with Crippen molar-refractivity contribution in [2.45, 2.75) is 13.8 Å². The smallest absolute Gasteiger partial charge is 0.128 e. The topological polar surface area (TPSA) is 135 Å². The number of pyridine rings is 4. The number of ether oxygens (including phenoxy) is 2. The minimum atomic E-state index is -0.0606. The van der Waals surface area contributed by atoms with E-state index in [2.05, 4.69) is 78.5 Å². The van der Waals surface area contributed by atoms with Crippen LogP contribution in [0.1, 0.15) is 25.0 Å². The molecule has 4 aromatic heterocycles. The monoisotopic (exact) mass is 890 g/mol.